The van der Waals surface area contributed by atoms with E-state index in [1.807, 2.05) is 18.0 Å². The summed E-state index contributed by atoms with van der Waals surface area (Å²) in [4.78, 5) is 5.61. The number of nitrogens with zero attached hydrogens (tertiary/aromatic N) is 1. The highest BCUT2D eigenvalue weighted by molar-refractivity contribution is 7.99. The van der Waals surface area contributed by atoms with Gasteiger partial charge in [-0.1, -0.05) is 0 Å². The summed E-state index contributed by atoms with van der Waals surface area (Å²) >= 11 is 3.66. The smallest absolute Gasteiger partial charge is 0.114 e. The molecule has 1 saturated heterocycles. The second kappa shape index (κ2) is 3.01. The average molecular weight is 200 g/mol. The molecule has 0 radical (unpaired) electrons. The second-order valence-corrected chi connectivity index (χ2v) is 5.57. The summed E-state index contributed by atoms with van der Waals surface area (Å²) in [5.74, 6) is 2.20. The third-order valence-electron chi connectivity index (χ3n) is 2.10. The van der Waals surface area contributed by atoms with Gasteiger partial charge >= 0.3 is 0 Å². The van der Waals surface area contributed by atoms with Crippen LogP contribution in [0.2, 0.25) is 0 Å². The van der Waals surface area contributed by atoms with Crippen LogP contribution in [-0.2, 0) is 5.54 Å². The third-order valence-corrected chi connectivity index (χ3v) is 4.44. The van der Waals surface area contributed by atoms with Gasteiger partial charge in [0.25, 0.3) is 0 Å². The van der Waals surface area contributed by atoms with Crippen LogP contribution in [0.3, 0.4) is 0 Å². The molecule has 2 rings (SSSR count). The minimum Gasteiger partial charge on any atom is -0.319 e. The SMILES string of the molecule is Cc1cnc(C2(N)CCSC2)s1. The van der Waals surface area contributed by atoms with E-state index < -0.39 is 0 Å². The molecule has 1 aliphatic heterocycles. The first-order valence-electron chi connectivity index (χ1n) is 4.00. The van der Waals surface area contributed by atoms with E-state index in [1.165, 1.54) is 10.6 Å². The molecule has 0 aliphatic carbocycles. The van der Waals surface area contributed by atoms with Crippen molar-refractivity contribution >= 4 is 23.1 Å². The van der Waals surface area contributed by atoms with Gasteiger partial charge in [0.05, 0.1) is 5.54 Å². The molecule has 4 heteroatoms. The molecule has 0 saturated carbocycles. The number of thioether (sulfide) groups is 1. The number of hydrogen-bond acceptors (Lipinski definition) is 4. The third kappa shape index (κ3) is 1.39. The van der Waals surface area contributed by atoms with E-state index in [1.54, 1.807) is 11.3 Å². The summed E-state index contributed by atoms with van der Waals surface area (Å²) in [5, 5.41) is 1.12. The number of thiazole rings is 1. The summed E-state index contributed by atoms with van der Waals surface area (Å²) in [6.45, 7) is 2.08. The highest BCUT2D eigenvalue weighted by Crippen LogP contribution is 2.36. The number of nitrogens with two attached hydrogens (primary N) is 1. The lowest BCUT2D eigenvalue weighted by atomic mass is 10.0. The van der Waals surface area contributed by atoms with Gasteiger partial charge in [-0.05, 0) is 19.1 Å². The van der Waals surface area contributed by atoms with E-state index >= 15 is 0 Å². The maximum absolute atomic E-state index is 6.22. The molecular weight excluding hydrogens is 188 g/mol. The van der Waals surface area contributed by atoms with Gasteiger partial charge in [0.2, 0.25) is 0 Å². The fraction of sp³-hybridized carbons (Fsp3) is 0.625. The maximum Gasteiger partial charge on any atom is 0.114 e. The van der Waals surface area contributed by atoms with Crippen molar-refractivity contribution in [2.75, 3.05) is 11.5 Å². The van der Waals surface area contributed by atoms with Crippen LogP contribution in [0.25, 0.3) is 0 Å². The molecule has 2 heterocycles. The first-order chi connectivity index (χ1) is 5.71. The van der Waals surface area contributed by atoms with E-state index in [9.17, 15) is 0 Å². The minimum absolute atomic E-state index is 0.121. The van der Waals surface area contributed by atoms with Crippen molar-refractivity contribution in [2.45, 2.75) is 18.9 Å². The van der Waals surface area contributed by atoms with E-state index in [-0.39, 0.29) is 5.54 Å². The number of hydrogen-bond donors (Lipinski definition) is 1. The lowest BCUT2D eigenvalue weighted by molar-refractivity contribution is 0.506. The first-order valence-corrected chi connectivity index (χ1v) is 5.97. The van der Waals surface area contributed by atoms with Gasteiger partial charge in [0, 0.05) is 16.8 Å². The molecule has 0 aromatic carbocycles. The van der Waals surface area contributed by atoms with Crippen molar-refractivity contribution in [3.63, 3.8) is 0 Å². The zero-order valence-electron chi connectivity index (χ0n) is 7.04. The molecule has 1 atom stereocenters. The van der Waals surface area contributed by atoms with Gasteiger partial charge in [-0.2, -0.15) is 11.8 Å². The number of aryl methyl sites for hydroxylation is 1. The lowest BCUT2D eigenvalue weighted by Crippen LogP contribution is -2.36. The molecular formula is C8H12N2S2. The molecule has 1 fully saturated rings. The van der Waals surface area contributed by atoms with E-state index in [4.69, 9.17) is 5.73 Å². The van der Waals surface area contributed by atoms with Gasteiger partial charge < -0.3 is 5.73 Å². The predicted octanol–water partition coefficient (Wildman–Crippen LogP) is 1.74. The molecule has 1 aliphatic rings. The van der Waals surface area contributed by atoms with Crippen LogP contribution in [-0.4, -0.2) is 16.5 Å². The van der Waals surface area contributed by atoms with Crippen LogP contribution in [0.15, 0.2) is 6.20 Å². The Morgan fingerprint density at radius 1 is 1.67 bits per heavy atom. The predicted molar refractivity (Wildman–Crippen MR) is 54.7 cm³/mol. The lowest BCUT2D eigenvalue weighted by Gasteiger charge is -2.18. The summed E-state index contributed by atoms with van der Waals surface area (Å²) in [7, 11) is 0. The monoisotopic (exact) mass is 200 g/mol. The Balaban J connectivity index is 2.28. The second-order valence-electron chi connectivity index (χ2n) is 3.23. The Bertz CT molecular complexity index is 276. The van der Waals surface area contributed by atoms with Crippen molar-refractivity contribution in [3.8, 4) is 0 Å². The minimum atomic E-state index is -0.121. The highest BCUT2D eigenvalue weighted by Gasteiger charge is 2.34. The summed E-state index contributed by atoms with van der Waals surface area (Å²) in [6.07, 6.45) is 2.99. The van der Waals surface area contributed by atoms with Crippen molar-refractivity contribution in [1.29, 1.82) is 0 Å². The van der Waals surface area contributed by atoms with Gasteiger partial charge in [-0.15, -0.1) is 11.3 Å². The normalized spacial score (nSPS) is 29.5. The molecule has 1 aromatic rings. The van der Waals surface area contributed by atoms with Crippen molar-refractivity contribution in [1.82, 2.24) is 4.98 Å². The molecule has 0 bridgehead atoms. The molecule has 66 valence electrons. The Kier molecular flexibility index (Phi) is 2.14. The molecule has 0 amide bonds. The van der Waals surface area contributed by atoms with E-state index in [2.05, 4.69) is 11.9 Å². The summed E-state index contributed by atoms with van der Waals surface area (Å²) < 4.78 is 0. The Labute approximate surface area is 80.6 Å². The van der Waals surface area contributed by atoms with Gasteiger partial charge in [0.1, 0.15) is 5.01 Å². The molecule has 1 aromatic heterocycles. The van der Waals surface area contributed by atoms with Crippen LogP contribution in [0.5, 0.6) is 0 Å². The molecule has 12 heavy (non-hydrogen) atoms. The summed E-state index contributed by atoms with van der Waals surface area (Å²) in [6, 6.07) is 0. The molecule has 2 nitrogen and oxygen atoms in total. The Morgan fingerprint density at radius 2 is 2.50 bits per heavy atom. The molecule has 2 N–H and O–H groups in total. The quantitative estimate of drug-likeness (QED) is 0.750. The first kappa shape index (κ1) is 8.53. The van der Waals surface area contributed by atoms with Gasteiger partial charge in [-0.3, -0.25) is 0 Å². The fourth-order valence-corrected chi connectivity index (χ4v) is 3.62. The number of aromatic nitrogens is 1. The van der Waals surface area contributed by atoms with Crippen LogP contribution >= 0.6 is 23.1 Å². The number of rotatable bonds is 1. The van der Waals surface area contributed by atoms with Crippen molar-refractivity contribution < 1.29 is 0 Å². The highest BCUT2D eigenvalue weighted by atomic mass is 32.2. The Hall–Kier alpha value is -0.0600. The van der Waals surface area contributed by atoms with Crippen molar-refractivity contribution in [3.05, 3.63) is 16.1 Å². The van der Waals surface area contributed by atoms with Crippen molar-refractivity contribution in [2.24, 2.45) is 5.73 Å². The maximum atomic E-state index is 6.22. The molecule has 0 spiro atoms. The van der Waals surface area contributed by atoms with Crippen LogP contribution in [0, 0.1) is 6.92 Å². The van der Waals surface area contributed by atoms with Gasteiger partial charge in [-0.25, -0.2) is 4.98 Å². The van der Waals surface area contributed by atoms with E-state index in [0.29, 0.717) is 0 Å². The summed E-state index contributed by atoms with van der Waals surface area (Å²) in [5.41, 5.74) is 6.10. The van der Waals surface area contributed by atoms with Crippen LogP contribution in [0.1, 0.15) is 16.3 Å². The largest absolute Gasteiger partial charge is 0.319 e. The average Bonchev–Trinajstić information content (AvgIpc) is 2.59. The van der Waals surface area contributed by atoms with Crippen LogP contribution < -0.4 is 5.73 Å². The zero-order valence-corrected chi connectivity index (χ0v) is 8.67. The van der Waals surface area contributed by atoms with Gasteiger partial charge in [0.15, 0.2) is 0 Å². The standard InChI is InChI=1S/C8H12N2S2/c1-6-4-10-7(12-6)8(9)2-3-11-5-8/h4H,2-3,5,9H2,1H3. The Morgan fingerprint density at radius 3 is 3.00 bits per heavy atom. The zero-order chi connectivity index (χ0) is 8.60. The molecule has 1 unspecified atom stereocenters. The topological polar surface area (TPSA) is 38.9 Å². The van der Waals surface area contributed by atoms with E-state index in [0.717, 1.165) is 17.2 Å². The van der Waals surface area contributed by atoms with Crippen LogP contribution in [0.4, 0.5) is 0 Å². The fourth-order valence-electron chi connectivity index (χ4n) is 1.33.